The second-order valence-corrected chi connectivity index (χ2v) is 7.41. The number of rotatable bonds is 9. The zero-order valence-electron chi connectivity index (χ0n) is 17.2. The Hall–Kier alpha value is -3.39. The first-order chi connectivity index (χ1) is 14.9. The van der Waals surface area contributed by atoms with E-state index in [0.29, 0.717) is 12.8 Å². The van der Waals surface area contributed by atoms with E-state index in [9.17, 15) is 19.5 Å². The third-order valence-electron chi connectivity index (χ3n) is 5.28. The zero-order chi connectivity index (χ0) is 22.4. The van der Waals surface area contributed by atoms with E-state index in [1.165, 1.54) is 0 Å². The van der Waals surface area contributed by atoms with Crippen LogP contribution in [0.15, 0.2) is 48.5 Å². The SMILES string of the molecule is CCC[C@@H](NC(=O)OCC1c2ccccc2-c2ccccc21)C(=O)NCC(O)C(=O)O. The number of hydrogen-bond donors (Lipinski definition) is 4. The molecule has 0 spiro atoms. The van der Waals surface area contributed by atoms with Gasteiger partial charge in [-0.15, -0.1) is 0 Å². The highest BCUT2D eigenvalue weighted by Gasteiger charge is 2.29. The number of carboxylic acid groups (broad SMARTS) is 1. The van der Waals surface area contributed by atoms with Crippen LogP contribution in [0.25, 0.3) is 11.1 Å². The Bertz CT molecular complexity index is 915. The molecule has 8 heteroatoms. The van der Waals surface area contributed by atoms with E-state index < -0.39 is 36.7 Å². The number of fused-ring (bicyclic) bond motifs is 3. The molecule has 8 nitrogen and oxygen atoms in total. The highest BCUT2D eigenvalue weighted by Crippen LogP contribution is 2.44. The van der Waals surface area contributed by atoms with Crippen molar-refractivity contribution in [3.05, 3.63) is 59.7 Å². The average molecular weight is 426 g/mol. The molecule has 2 aromatic carbocycles. The van der Waals surface area contributed by atoms with Crippen molar-refractivity contribution in [2.45, 2.75) is 37.8 Å². The molecule has 0 heterocycles. The number of aliphatic hydroxyl groups is 1. The van der Waals surface area contributed by atoms with Gasteiger partial charge in [0, 0.05) is 5.92 Å². The van der Waals surface area contributed by atoms with E-state index in [0.717, 1.165) is 22.3 Å². The predicted molar refractivity (Wildman–Crippen MR) is 114 cm³/mol. The van der Waals surface area contributed by atoms with Gasteiger partial charge in [-0.3, -0.25) is 4.79 Å². The van der Waals surface area contributed by atoms with Crippen molar-refractivity contribution in [1.82, 2.24) is 10.6 Å². The number of aliphatic carboxylic acids is 1. The second kappa shape index (κ2) is 10.1. The molecule has 0 fully saturated rings. The maximum absolute atomic E-state index is 12.4. The lowest BCUT2D eigenvalue weighted by Gasteiger charge is -2.19. The molecule has 2 atom stereocenters. The number of carbonyl (C=O) groups is 3. The summed E-state index contributed by atoms with van der Waals surface area (Å²) in [6.45, 7) is 1.53. The largest absolute Gasteiger partial charge is 0.479 e. The Labute approximate surface area is 180 Å². The Balaban J connectivity index is 1.61. The second-order valence-electron chi connectivity index (χ2n) is 7.41. The van der Waals surface area contributed by atoms with Crippen molar-refractivity contribution in [1.29, 1.82) is 0 Å². The van der Waals surface area contributed by atoms with Gasteiger partial charge in [-0.05, 0) is 28.7 Å². The summed E-state index contributed by atoms with van der Waals surface area (Å²) in [6, 6.07) is 15.1. The van der Waals surface area contributed by atoms with Gasteiger partial charge in [0.05, 0.1) is 6.54 Å². The van der Waals surface area contributed by atoms with Gasteiger partial charge in [-0.1, -0.05) is 61.9 Å². The lowest BCUT2D eigenvalue weighted by atomic mass is 9.98. The first-order valence-electron chi connectivity index (χ1n) is 10.2. The summed E-state index contributed by atoms with van der Waals surface area (Å²) >= 11 is 0. The molecule has 31 heavy (non-hydrogen) atoms. The van der Waals surface area contributed by atoms with Gasteiger partial charge >= 0.3 is 12.1 Å². The quantitative estimate of drug-likeness (QED) is 0.487. The molecule has 2 aromatic rings. The number of hydrogen-bond acceptors (Lipinski definition) is 5. The molecule has 0 aromatic heterocycles. The van der Waals surface area contributed by atoms with Crippen molar-refractivity contribution in [3.63, 3.8) is 0 Å². The number of benzene rings is 2. The lowest BCUT2D eigenvalue weighted by molar-refractivity contribution is -0.146. The highest BCUT2D eigenvalue weighted by molar-refractivity contribution is 5.86. The van der Waals surface area contributed by atoms with Crippen LogP contribution in [0.1, 0.15) is 36.8 Å². The molecule has 4 N–H and O–H groups in total. The normalized spacial score (nSPS) is 14.1. The lowest BCUT2D eigenvalue weighted by Crippen LogP contribution is -2.49. The van der Waals surface area contributed by atoms with E-state index in [-0.39, 0.29) is 12.5 Å². The fourth-order valence-electron chi connectivity index (χ4n) is 3.75. The Morgan fingerprint density at radius 1 is 1.03 bits per heavy atom. The molecule has 0 bridgehead atoms. The van der Waals surface area contributed by atoms with Gasteiger partial charge in [0.25, 0.3) is 0 Å². The summed E-state index contributed by atoms with van der Waals surface area (Å²) in [5, 5.41) is 22.9. The van der Waals surface area contributed by atoms with Crippen molar-refractivity contribution >= 4 is 18.0 Å². The molecule has 0 aliphatic heterocycles. The van der Waals surface area contributed by atoms with Crippen molar-refractivity contribution < 1.29 is 29.3 Å². The fourth-order valence-corrected chi connectivity index (χ4v) is 3.75. The van der Waals surface area contributed by atoms with Crippen LogP contribution in [-0.4, -0.2) is 53.5 Å². The number of amides is 2. The van der Waals surface area contributed by atoms with Crippen LogP contribution in [0.2, 0.25) is 0 Å². The molecule has 0 saturated heterocycles. The number of carboxylic acids is 1. The topological polar surface area (TPSA) is 125 Å². The molecular weight excluding hydrogens is 400 g/mol. The molecule has 1 aliphatic carbocycles. The van der Waals surface area contributed by atoms with Gasteiger partial charge in [-0.2, -0.15) is 0 Å². The minimum atomic E-state index is -1.71. The minimum Gasteiger partial charge on any atom is -0.479 e. The van der Waals surface area contributed by atoms with Crippen LogP contribution in [-0.2, 0) is 14.3 Å². The third-order valence-corrected chi connectivity index (χ3v) is 5.28. The molecule has 1 unspecified atom stereocenters. The summed E-state index contributed by atoms with van der Waals surface area (Å²) in [4.78, 5) is 35.4. The van der Waals surface area contributed by atoms with Crippen molar-refractivity contribution in [2.75, 3.05) is 13.2 Å². The van der Waals surface area contributed by atoms with E-state index in [1.54, 1.807) is 0 Å². The maximum atomic E-state index is 12.4. The van der Waals surface area contributed by atoms with Gasteiger partial charge in [-0.25, -0.2) is 9.59 Å². The van der Waals surface area contributed by atoms with Crippen LogP contribution >= 0.6 is 0 Å². The molecular formula is C23H26N2O6. The van der Waals surface area contributed by atoms with Crippen LogP contribution in [0.3, 0.4) is 0 Å². The van der Waals surface area contributed by atoms with Crippen LogP contribution in [0.5, 0.6) is 0 Å². The zero-order valence-corrected chi connectivity index (χ0v) is 17.2. The molecule has 0 radical (unpaired) electrons. The molecule has 0 saturated carbocycles. The van der Waals surface area contributed by atoms with E-state index in [4.69, 9.17) is 9.84 Å². The van der Waals surface area contributed by atoms with Gasteiger partial charge in [0.2, 0.25) is 5.91 Å². The molecule has 164 valence electrons. The van der Waals surface area contributed by atoms with Crippen LogP contribution in [0, 0.1) is 0 Å². The Morgan fingerprint density at radius 2 is 1.61 bits per heavy atom. The van der Waals surface area contributed by atoms with Gasteiger partial charge in [0.1, 0.15) is 12.6 Å². The third kappa shape index (κ3) is 5.21. The van der Waals surface area contributed by atoms with Crippen LogP contribution in [0.4, 0.5) is 4.79 Å². The number of aliphatic hydroxyl groups excluding tert-OH is 1. The highest BCUT2D eigenvalue weighted by atomic mass is 16.5. The number of carbonyl (C=O) groups excluding carboxylic acids is 2. The number of nitrogens with one attached hydrogen (secondary N) is 2. The van der Waals surface area contributed by atoms with E-state index in [1.807, 2.05) is 55.5 Å². The smallest absolute Gasteiger partial charge is 0.407 e. The summed E-state index contributed by atoms with van der Waals surface area (Å²) < 4.78 is 5.46. The summed E-state index contributed by atoms with van der Waals surface area (Å²) in [7, 11) is 0. The maximum Gasteiger partial charge on any atom is 0.407 e. The van der Waals surface area contributed by atoms with E-state index >= 15 is 0 Å². The van der Waals surface area contributed by atoms with Crippen molar-refractivity contribution in [2.24, 2.45) is 0 Å². The first-order valence-corrected chi connectivity index (χ1v) is 10.2. The first kappa shape index (κ1) is 22.3. The molecule has 1 aliphatic rings. The summed E-state index contributed by atoms with van der Waals surface area (Å²) in [5.74, 6) is -2.10. The predicted octanol–water partition coefficient (Wildman–Crippen LogP) is 2.26. The van der Waals surface area contributed by atoms with Crippen LogP contribution < -0.4 is 10.6 Å². The number of ether oxygens (including phenoxy) is 1. The monoisotopic (exact) mass is 426 g/mol. The van der Waals surface area contributed by atoms with E-state index in [2.05, 4.69) is 10.6 Å². The van der Waals surface area contributed by atoms with Gasteiger partial charge in [0.15, 0.2) is 6.10 Å². The van der Waals surface area contributed by atoms with Gasteiger partial charge < -0.3 is 25.6 Å². The standard InChI is InChI=1S/C23H26N2O6/c1-2-7-19(21(27)24-12-20(26)22(28)29)25-23(30)31-13-18-16-10-5-3-8-14(16)15-9-4-6-11-17(15)18/h3-6,8-11,18-20,26H,2,7,12-13H2,1H3,(H,24,27)(H,25,30)(H,28,29)/t19-,20?/m1/s1. The Kier molecular flexibility index (Phi) is 7.25. The van der Waals surface area contributed by atoms with Crippen molar-refractivity contribution in [3.8, 4) is 11.1 Å². The molecule has 3 rings (SSSR count). The summed E-state index contributed by atoms with van der Waals surface area (Å²) in [5.41, 5.74) is 4.41. The Morgan fingerprint density at radius 3 is 2.16 bits per heavy atom. The number of alkyl carbamates (subject to hydrolysis) is 1. The fraction of sp³-hybridized carbons (Fsp3) is 0.348. The minimum absolute atomic E-state index is 0.0951. The average Bonchev–Trinajstić information content (AvgIpc) is 3.09. The summed E-state index contributed by atoms with van der Waals surface area (Å²) in [6.07, 6.45) is -1.47. The molecule has 2 amide bonds.